The van der Waals surface area contributed by atoms with Gasteiger partial charge in [-0.3, -0.25) is 5.10 Å². The SMILES string of the molecule is CCC1CCC(CNCc2cn[nH]c2C)CC1. The van der Waals surface area contributed by atoms with Crippen LogP contribution in [0.3, 0.4) is 0 Å². The maximum atomic E-state index is 4.04. The molecule has 0 radical (unpaired) electrons. The summed E-state index contributed by atoms with van der Waals surface area (Å²) < 4.78 is 0. The molecule has 3 heteroatoms. The number of aromatic nitrogens is 2. The molecule has 0 saturated heterocycles. The molecule has 0 bridgehead atoms. The maximum absolute atomic E-state index is 4.04. The van der Waals surface area contributed by atoms with Crippen molar-refractivity contribution >= 4 is 0 Å². The Morgan fingerprint density at radius 1 is 1.29 bits per heavy atom. The van der Waals surface area contributed by atoms with E-state index >= 15 is 0 Å². The second-order valence-corrected chi connectivity index (χ2v) is 5.45. The fourth-order valence-corrected chi connectivity index (χ4v) is 2.81. The molecule has 1 aromatic rings. The van der Waals surface area contributed by atoms with E-state index in [1.54, 1.807) is 0 Å². The van der Waals surface area contributed by atoms with E-state index < -0.39 is 0 Å². The van der Waals surface area contributed by atoms with Crippen LogP contribution in [0.5, 0.6) is 0 Å². The summed E-state index contributed by atoms with van der Waals surface area (Å²) in [6.45, 7) is 6.53. The van der Waals surface area contributed by atoms with Crippen molar-refractivity contribution in [2.75, 3.05) is 6.54 Å². The van der Waals surface area contributed by atoms with Crippen LogP contribution in [-0.4, -0.2) is 16.7 Å². The molecule has 0 amide bonds. The van der Waals surface area contributed by atoms with Crippen LogP contribution in [0.4, 0.5) is 0 Å². The van der Waals surface area contributed by atoms with Gasteiger partial charge < -0.3 is 5.32 Å². The van der Waals surface area contributed by atoms with Gasteiger partial charge >= 0.3 is 0 Å². The fourth-order valence-electron chi connectivity index (χ4n) is 2.81. The smallest absolute Gasteiger partial charge is 0.0535 e. The lowest BCUT2D eigenvalue weighted by atomic mass is 9.81. The van der Waals surface area contributed by atoms with Gasteiger partial charge in [0.05, 0.1) is 6.20 Å². The third-order valence-corrected chi connectivity index (χ3v) is 4.23. The molecule has 0 atom stereocenters. The Labute approximate surface area is 104 Å². The van der Waals surface area contributed by atoms with Gasteiger partial charge in [0.15, 0.2) is 0 Å². The van der Waals surface area contributed by atoms with Gasteiger partial charge in [-0.05, 0) is 38.1 Å². The molecule has 0 unspecified atom stereocenters. The zero-order valence-electron chi connectivity index (χ0n) is 11.1. The molecule has 1 heterocycles. The summed E-state index contributed by atoms with van der Waals surface area (Å²) in [6.07, 6.45) is 9.00. The van der Waals surface area contributed by atoms with Crippen LogP contribution >= 0.6 is 0 Å². The molecule has 1 saturated carbocycles. The Morgan fingerprint density at radius 3 is 2.59 bits per heavy atom. The van der Waals surface area contributed by atoms with Crippen molar-refractivity contribution in [3.63, 3.8) is 0 Å². The fraction of sp³-hybridized carbons (Fsp3) is 0.786. The molecule has 96 valence electrons. The summed E-state index contributed by atoms with van der Waals surface area (Å²) in [4.78, 5) is 0. The van der Waals surface area contributed by atoms with E-state index in [0.717, 1.165) is 18.4 Å². The third kappa shape index (κ3) is 3.56. The lowest BCUT2D eigenvalue weighted by molar-refractivity contribution is 0.262. The summed E-state index contributed by atoms with van der Waals surface area (Å²) in [5.41, 5.74) is 2.49. The zero-order valence-corrected chi connectivity index (χ0v) is 11.1. The van der Waals surface area contributed by atoms with Gasteiger partial charge in [-0.1, -0.05) is 26.2 Å². The van der Waals surface area contributed by atoms with E-state index in [9.17, 15) is 0 Å². The molecule has 2 N–H and O–H groups in total. The average molecular weight is 235 g/mol. The van der Waals surface area contributed by atoms with E-state index in [1.165, 1.54) is 49.9 Å². The predicted molar refractivity (Wildman–Crippen MR) is 70.8 cm³/mol. The van der Waals surface area contributed by atoms with Gasteiger partial charge in [0, 0.05) is 17.8 Å². The lowest BCUT2D eigenvalue weighted by Gasteiger charge is -2.27. The molecule has 0 aromatic carbocycles. The van der Waals surface area contributed by atoms with E-state index in [2.05, 4.69) is 29.4 Å². The number of rotatable bonds is 5. The second kappa shape index (κ2) is 6.20. The van der Waals surface area contributed by atoms with Gasteiger partial charge in [0.25, 0.3) is 0 Å². The van der Waals surface area contributed by atoms with Gasteiger partial charge in [-0.15, -0.1) is 0 Å². The second-order valence-electron chi connectivity index (χ2n) is 5.45. The molecule has 1 aliphatic carbocycles. The van der Waals surface area contributed by atoms with Gasteiger partial charge in [-0.2, -0.15) is 5.10 Å². The van der Waals surface area contributed by atoms with Crippen LogP contribution in [0.2, 0.25) is 0 Å². The van der Waals surface area contributed by atoms with Crippen molar-refractivity contribution in [1.29, 1.82) is 0 Å². The number of aryl methyl sites for hydroxylation is 1. The van der Waals surface area contributed by atoms with Crippen molar-refractivity contribution in [2.45, 2.75) is 52.5 Å². The summed E-state index contributed by atoms with van der Waals surface area (Å²) in [5.74, 6) is 1.90. The summed E-state index contributed by atoms with van der Waals surface area (Å²) in [5, 5.41) is 10.6. The quantitative estimate of drug-likeness (QED) is 0.823. The first kappa shape index (κ1) is 12.6. The monoisotopic (exact) mass is 235 g/mol. The summed E-state index contributed by atoms with van der Waals surface area (Å²) in [6, 6.07) is 0. The summed E-state index contributed by atoms with van der Waals surface area (Å²) >= 11 is 0. The number of hydrogen-bond donors (Lipinski definition) is 2. The highest BCUT2D eigenvalue weighted by molar-refractivity contribution is 5.13. The first-order valence-corrected chi connectivity index (χ1v) is 6.99. The van der Waals surface area contributed by atoms with Crippen LogP contribution in [0.25, 0.3) is 0 Å². The molecule has 1 aromatic heterocycles. The Bertz CT molecular complexity index is 324. The van der Waals surface area contributed by atoms with Crippen molar-refractivity contribution in [1.82, 2.24) is 15.5 Å². The Morgan fingerprint density at radius 2 is 2.00 bits per heavy atom. The molecular formula is C14H25N3. The van der Waals surface area contributed by atoms with Crippen molar-refractivity contribution in [3.8, 4) is 0 Å². The minimum atomic E-state index is 0.894. The van der Waals surface area contributed by atoms with Crippen molar-refractivity contribution in [2.24, 2.45) is 11.8 Å². The predicted octanol–water partition coefficient (Wildman–Crippen LogP) is 3.02. The topological polar surface area (TPSA) is 40.7 Å². The molecule has 0 aliphatic heterocycles. The highest BCUT2D eigenvalue weighted by atomic mass is 15.1. The third-order valence-electron chi connectivity index (χ3n) is 4.23. The standard InChI is InChI=1S/C14H25N3/c1-3-12-4-6-13(7-5-12)8-15-9-14-10-16-17-11(14)2/h10,12-13,15H,3-9H2,1-2H3,(H,16,17). The van der Waals surface area contributed by atoms with Crippen LogP contribution in [0.15, 0.2) is 6.20 Å². The molecule has 3 nitrogen and oxygen atoms in total. The van der Waals surface area contributed by atoms with Crippen molar-refractivity contribution in [3.05, 3.63) is 17.5 Å². The van der Waals surface area contributed by atoms with E-state index in [0.29, 0.717) is 0 Å². The zero-order chi connectivity index (χ0) is 12.1. The number of aromatic amines is 1. The van der Waals surface area contributed by atoms with Gasteiger partial charge in [0.1, 0.15) is 0 Å². The van der Waals surface area contributed by atoms with Crippen LogP contribution in [-0.2, 0) is 6.54 Å². The molecule has 1 aliphatic rings. The number of nitrogens with zero attached hydrogens (tertiary/aromatic N) is 1. The van der Waals surface area contributed by atoms with Gasteiger partial charge in [0.2, 0.25) is 0 Å². The summed E-state index contributed by atoms with van der Waals surface area (Å²) in [7, 11) is 0. The van der Waals surface area contributed by atoms with E-state index in [1.807, 2.05) is 6.20 Å². The highest BCUT2D eigenvalue weighted by Gasteiger charge is 2.19. The normalized spacial score (nSPS) is 25.1. The first-order chi connectivity index (χ1) is 8.29. The largest absolute Gasteiger partial charge is 0.312 e. The van der Waals surface area contributed by atoms with Crippen LogP contribution in [0, 0.1) is 18.8 Å². The molecule has 17 heavy (non-hydrogen) atoms. The number of H-pyrrole nitrogens is 1. The highest BCUT2D eigenvalue weighted by Crippen LogP contribution is 2.30. The molecular weight excluding hydrogens is 210 g/mol. The Hall–Kier alpha value is -0.830. The molecule has 1 fully saturated rings. The lowest BCUT2D eigenvalue weighted by Crippen LogP contribution is -2.26. The molecule has 2 rings (SSSR count). The maximum Gasteiger partial charge on any atom is 0.0535 e. The minimum Gasteiger partial charge on any atom is -0.312 e. The minimum absolute atomic E-state index is 0.894. The average Bonchev–Trinajstić information content (AvgIpc) is 2.76. The van der Waals surface area contributed by atoms with Crippen molar-refractivity contribution < 1.29 is 0 Å². The van der Waals surface area contributed by atoms with Crippen LogP contribution in [0.1, 0.15) is 50.3 Å². The Kier molecular flexibility index (Phi) is 4.60. The first-order valence-electron chi connectivity index (χ1n) is 6.99. The number of hydrogen-bond acceptors (Lipinski definition) is 2. The number of nitrogens with one attached hydrogen (secondary N) is 2. The Balaban J connectivity index is 1.65. The van der Waals surface area contributed by atoms with E-state index in [4.69, 9.17) is 0 Å². The molecule has 0 spiro atoms. The van der Waals surface area contributed by atoms with Gasteiger partial charge in [-0.25, -0.2) is 0 Å². The van der Waals surface area contributed by atoms with Crippen LogP contribution < -0.4 is 5.32 Å². The van der Waals surface area contributed by atoms with E-state index in [-0.39, 0.29) is 0 Å².